The summed E-state index contributed by atoms with van der Waals surface area (Å²) in [4.78, 5) is 0. The van der Waals surface area contributed by atoms with Crippen LogP contribution in [0.1, 0.15) is 37.5 Å². The minimum Gasteiger partial charge on any atom is -0.489 e. The van der Waals surface area contributed by atoms with Crippen molar-refractivity contribution in [1.29, 1.82) is 0 Å². The lowest BCUT2D eigenvalue weighted by molar-refractivity contribution is 0.297. The third kappa shape index (κ3) is 3.53. The van der Waals surface area contributed by atoms with Crippen molar-refractivity contribution >= 4 is 5.69 Å². The van der Waals surface area contributed by atoms with Crippen LogP contribution in [0, 0.1) is 6.92 Å². The van der Waals surface area contributed by atoms with Gasteiger partial charge in [0, 0.05) is 5.69 Å². The van der Waals surface area contributed by atoms with Crippen LogP contribution in [0.2, 0.25) is 0 Å². The molecule has 2 N–H and O–H groups in total. The average molecular weight is 269 g/mol. The quantitative estimate of drug-likeness (QED) is 0.835. The lowest BCUT2D eigenvalue weighted by atomic mass is 9.85. The van der Waals surface area contributed by atoms with Crippen LogP contribution in [0.25, 0.3) is 0 Å². The van der Waals surface area contributed by atoms with Crippen molar-refractivity contribution in [3.05, 3.63) is 59.2 Å². The van der Waals surface area contributed by atoms with Gasteiger partial charge in [0.1, 0.15) is 12.4 Å². The predicted octanol–water partition coefficient (Wildman–Crippen LogP) is 4.45. The Hall–Kier alpha value is -1.96. The Labute approximate surface area is 121 Å². The molecule has 0 bridgehead atoms. The van der Waals surface area contributed by atoms with Gasteiger partial charge < -0.3 is 10.5 Å². The molecule has 2 aromatic rings. The van der Waals surface area contributed by atoms with Crippen molar-refractivity contribution in [3.8, 4) is 5.75 Å². The van der Waals surface area contributed by atoms with Crippen LogP contribution >= 0.6 is 0 Å². The predicted molar refractivity (Wildman–Crippen MR) is 85.1 cm³/mol. The summed E-state index contributed by atoms with van der Waals surface area (Å²) in [5.74, 6) is 0.950. The Kier molecular flexibility index (Phi) is 4.03. The smallest absolute Gasteiger partial charge is 0.123 e. The summed E-state index contributed by atoms with van der Waals surface area (Å²) in [6, 6.07) is 14.2. The maximum absolute atomic E-state index is 6.00. The van der Waals surface area contributed by atoms with Crippen molar-refractivity contribution in [3.63, 3.8) is 0 Å². The Morgan fingerprint density at radius 1 is 1.05 bits per heavy atom. The number of aryl methyl sites for hydroxylation is 1. The van der Waals surface area contributed by atoms with E-state index >= 15 is 0 Å². The summed E-state index contributed by atoms with van der Waals surface area (Å²) in [7, 11) is 0. The largest absolute Gasteiger partial charge is 0.489 e. The molecule has 0 unspecified atom stereocenters. The van der Waals surface area contributed by atoms with Gasteiger partial charge in [-0.05, 0) is 41.7 Å². The van der Waals surface area contributed by atoms with E-state index in [0.717, 1.165) is 17.0 Å². The monoisotopic (exact) mass is 269 g/mol. The lowest BCUT2D eigenvalue weighted by Crippen LogP contribution is -2.13. The molecule has 0 amide bonds. The molecule has 0 aliphatic heterocycles. The molecule has 0 spiro atoms. The number of hydrogen-bond acceptors (Lipinski definition) is 2. The Morgan fingerprint density at radius 2 is 1.80 bits per heavy atom. The summed E-state index contributed by atoms with van der Waals surface area (Å²) in [5, 5.41) is 0. The maximum atomic E-state index is 6.00. The molecule has 2 rings (SSSR count). The van der Waals surface area contributed by atoms with Crippen LogP contribution in [-0.2, 0) is 12.0 Å². The maximum Gasteiger partial charge on any atom is 0.123 e. The van der Waals surface area contributed by atoms with E-state index < -0.39 is 0 Å². The third-order valence-electron chi connectivity index (χ3n) is 3.29. The fourth-order valence-electron chi connectivity index (χ4n) is 2.20. The molecule has 2 heteroatoms. The third-order valence-corrected chi connectivity index (χ3v) is 3.29. The molecule has 0 heterocycles. The first-order valence-corrected chi connectivity index (χ1v) is 6.94. The highest BCUT2D eigenvalue weighted by Crippen LogP contribution is 2.32. The van der Waals surface area contributed by atoms with Gasteiger partial charge in [0.05, 0.1) is 0 Å². The molecule has 0 saturated carbocycles. The second kappa shape index (κ2) is 5.58. The number of ether oxygens (including phenoxy) is 1. The van der Waals surface area contributed by atoms with E-state index in [9.17, 15) is 0 Å². The molecule has 0 aliphatic carbocycles. The van der Waals surface area contributed by atoms with Gasteiger partial charge in [-0.15, -0.1) is 0 Å². The van der Waals surface area contributed by atoms with E-state index in [4.69, 9.17) is 10.5 Å². The van der Waals surface area contributed by atoms with Crippen molar-refractivity contribution in [1.82, 2.24) is 0 Å². The van der Waals surface area contributed by atoms with E-state index in [1.807, 2.05) is 24.3 Å². The van der Waals surface area contributed by atoms with Gasteiger partial charge in [0.25, 0.3) is 0 Å². The molecule has 0 radical (unpaired) electrons. The second-order valence-electron chi connectivity index (χ2n) is 6.28. The molecule has 106 valence electrons. The standard InChI is InChI=1S/C18H23NO/c1-13-8-9-17(16(10-13)18(2,3)4)20-12-14-6-5-7-15(19)11-14/h5-11H,12,19H2,1-4H3. The summed E-state index contributed by atoms with van der Waals surface area (Å²) in [6.07, 6.45) is 0. The minimum absolute atomic E-state index is 0.0665. The average Bonchev–Trinajstić information content (AvgIpc) is 2.36. The number of nitrogens with two attached hydrogens (primary N) is 1. The van der Waals surface area contributed by atoms with Crippen LogP contribution in [0.3, 0.4) is 0 Å². The first-order chi connectivity index (χ1) is 9.36. The number of nitrogen functional groups attached to an aromatic ring is 1. The number of rotatable bonds is 3. The van der Waals surface area contributed by atoms with E-state index in [1.54, 1.807) is 0 Å². The van der Waals surface area contributed by atoms with Crippen molar-refractivity contribution in [2.45, 2.75) is 39.7 Å². The van der Waals surface area contributed by atoms with Gasteiger partial charge in [0.15, 0.2) is 0 Å². The van der Waals surface area contributed by atoms with Crippen LogP contribution < -0.4 is 10.5 Å². The van der Waals surface area contributed by atoms with Gasteiger partial charge in [0.2, 0.25) is 0 Å². The van der Waals surface area contributed by atoms with Crippen LogP contribution in [0.15, 0.2) is 42.5 Å². The SMILES string of the molecule is Cc1ccc(OCc2cccc(N)c2)c(C(C)(C)C)c1. The minimum atomic E-state index is 0.0665. The summed E-state index contributed by atoms with van der Waals surface area (Å²) in [6.45, 7) is 9.26. The highest BCUT2D eigenvalue weighted by atomic mass is 16.5. The van der Waals surface area contributed by atoms with Crippen molar-refractivity contribution in [2.24, 2.45) is 0 Å². The Morgan fingerprint density at radius 3 is 2.45 bits per heavy atom. The molecule has 0 aliphatic rings. The van der Waals surface area contributed by atoms with Gasteiger partial charge in [-0.1, -0.05) is 50.6 Å². The Balaban J connectivity index is 2.21. The zero-order valence-corrected chi connectivity index (χ0v) is 12.7. The van der Waals surface area contributed by atoms with E-state index in [0.29, 0.717) is 6.61 Å². The molecule has 2 nitrogen and oxygen atoms in total. The zero-order valence-electron chi connectivity index (χ0n) is 12.7. The van der Waals surface area contributed by atoms with Gasteiger partial charge in [-0.2, -0.15) is 0 Å². The first-order valence-electron chi connectivity index (χ1n) is 6.94. The topological polar surface area (TPSA) is 35.2 Å². The van der Waals surface area contributed by atoms with Gasteiger partial charge in [-0.25, -0.2) is 0 Å². The number of benzene rings is 2. The number of anilines is 1. The summed E-state index contributed by atoms with van der Waals surface area (Å²) < 4.78 is 6.00. The molecule has 2 aromatic carbocycles. The van der Waals surface area contributed by atoms with Crippen LogP contribution in [0.5, 0.6) is 5.75 Å². The van der Waals surface area contributed by atoms with E-state index in [1.165, 1.54) is 11.1 Å². The van der Waals surface area contributed by atoms with E-state index in [-0.39, 0.29) is 5.41 Å². The molecule has 0 aromatic heterocycles. The lowest BCUT2D eigenvalue weighted by Gasteiger charge is -2.23. The molecule has 0 fully saturated rings. The van der Waals surface area contributed by atoms with Crippen molar-refractivity contribution < 1.29 is 4.74 Å². The van der Waals surface area contributed by atoms with Crippen LogP contribution in [0.4, 0.5) is 5.69 Å². The highest BCUT2D eigenvalue weighted by molar-refractivity contribution is 5.43. The summed E-state index contributed by atoms with van der Waals surface area (Å²) >= 11 is 0. The van der Waals surface area contributed by atoms with E-state index in [2.05, 4.69) is 45.9 Å². The van der Waals surface area contributed by atoms with Gasteiger partial charge >= 0.3 is 0 Å². The normalized spacial score (nSPS) is 11.4. The number of hydrogen-bond donors (Lipinski definition) is 1. The van der Waals surface area contributed by atoms with Crippen molar-refractivity contribution in [2.75, 3.05) is 5.73 Å². The molecule has 20 heavy (non-hydrogen) atoms. The van der Waals surface area contributed by atoms with Gasteiger partial charge in [-0.3, -0.25) is 0 Å². The highest BCUT2D eigenvalue weighted by Gasteiger charge is 2.19. The molecule has 0 saturated heterocycles. The molecular weight excluding hydrogens is 246 g/mol. The Bertz CT molecular complexity index is 597. The van der Waals surface area contributed by atoms with Crippen LogP contribution in [-0.4, -0.2) is 0 Å². The zero-order chi connectivity index (χ0) is 14.8. The second-order valence-corrected chi connectivity index (χ2v) is 6.28. The fourth-order valence-corrected chi connectivity index (χ4v) is 2.20. The summed E-state index contributed by atoms with van der Waals surface area (Å²) in [5.41, 5.74) is 10.2. The fraction of sp³-hybridized carbons (Fsp3) is 0.333. The molecule has 0 atom stereocenters. The first kappa shape index (κ1) is 14.4. The molecular formula is C18H23NO.